The molecule has 1 heterocycles. The number of nitrogens with zero attached hydrogens (tertiary/aromatic N) is 4. The van der Waals surface area contributed by atoms with Gasteiger partial charge in [0.1, 0.15) is 0 Å². The molecule has 32 heavy (non-hydrogen) atoms. The van der Waals surface area contributed by atoms with Crippen LogP contribution in [0.5, 0.6) is 0 Å². The Kier molecular flexibility index (Phi) is 6.81. The van der Waals surface area contributed by atoms with Crippen LogP contribution in [-0.4, -0.2) is 31.3 Å². The molecule has 0 aliphatic carbocycles. The van der Waals surface area contributed by atoms with E-state index >= 15 is 0 Å². The minimum absolute atomic E-state index is 0.0313. The minimum Gasteiger partial charge on any atom is -0.324 e. The van der Waals surface area contributed by atoms with Gasteiger partial charge in [-0.25, -0.2) is 0 Å². The second-order valence-corrected chi connectivity index (χ2v) is 8.71. The number of nitro groups is 1. The lowest BCUT2D eigenvalue weighted by Crippen LogP contribution is -2.15. The number of benzene rings is 3. The van der Waals surface area contributed by atoms with E-state index in [9.17, 15) is 14.9 Å². The number of thioether (sulfide) groups is 1. The standard InChI is InChI=1S/C22H16IN5O3S/c23-18-11-4-5-12-19(18)24-20(29)14-32-22-26-25-21(27(22)16-8-2-1-3-9-16)15-7-6-10-17(13-15)28(30)31/h1-13H,14H2,(H,24,29). The van der Waals surface area contributed by atoms with Crippen molar-refractivity contribution in [2.75, 3.05) is 11.1 Å². The van der Waals surface area contributed by atoms with Crippen LogP contribution in [0, 0.1) is 13.7 Å². The van der Waals surface area contributed by atoms with Crippen LogP contribution in [0.3, 0.4) is 0 Å². The molecule has 4 rings (SSSR count). The zero-order valence-electron chi connectivity index (χ0n) is 16.5. The number of anilines is 1. The second kappa shape index (κ2) is 9.92. The number of carbonyl (C=O) groups excluding carboxylic acids is 1. The Morgan fingerprint density at radius 2 is 1.78 bits per heavy atom. The maximum Gasteiger partial charge on any atom is 0.270 e. The van der Waals surface area contributed by atoms with Crippen LogP contribution in [0.4, 0.5) is 11.4 Å². The third-order valence-corrected chi connectivity index (χ3v) is 6.31. The van der Waals surface area contributed by atoms with Gasteiger partial charge in [0.2, 0.25) is 5.91 Å². The molecule has 3 aromatic carbocycles. The van der Waals surface area contributed by atoms with Crippen molar-refractivity contribution in [1.82, 2.24) is 14.8 Å². The summed E-state index contributed by atoms with van der Waals surface area (Å²) in [7, 11) is 0. The fourth-order valence-corrected chi connectivity index (χ4v) is 4.27. The molecule has 0 unspecified atom stereocenters. The fraction of sp³-hybridized carbons (Fsp3) is 0.0455. The molecule has 1 amide bonds. The van der Waals surface area contributed by atoms with Crippen molar-refractivity contribution in [2.45, 2.75) is 5.16 Å². The lowest BCUT2D eigenvalue weighted by Gasteiger charge is -2.11. The first-order valence-electron chi connectivity index (χ1n) is 9.46. The highest BCUT2D eigenvalue weighted by molar-refractivity contribution is 14.1. The van der Waals surface area contributed by atoms with Crippen molar-refractivity contribution in [3.8, 4) is 17.1 Å². The first kappa shape index (κ1) is 22.0. The molecule has 4 aromatic rings. The number of para-hydroxylation sites is 2. The van der Waals surface area contributed by atoms with Crippen LogP contribution in [0.25, 0.3) is 17.1 Å². The molecule has 0 fully saturated rings. The highest BCUT2D eigenvalue weighted by atomic mass is 127. The summed E-state index contributed by atoms with van der Waals surface area (Å²) in [5.74, 6) is 0.421. The number of hydrogen-bond acceptors (Lipinski definition) is 6. The summed E-state index contributed by atoms with van der Waals surface area (Å²) in [5, 5.41) is 23.2. The number of hydrogen-bond donors (Lipinski definition) is 1. The topological polar surface area (TPSA) is 103 Å². The third-order valence-electron chi connectivity index (χ3n) is 4.44. The lowest BCUT2D eigenvalue weighted by atomic mass is 10.2. The SMILES string of the molecule is O=C(CSc1nnc(-c2cccc([N+](=O)[O-])c2)n1-c1ccccc1)Nc1ccccc1I. The van der Waals surface area contributed by atoms with Crippen molar-refractivity contribution >= 4 is 51.6 Å². The fourth-order valence-electron chi connectivity index (χ4n) is 3.00. The zero-order chi connectivity index (χ0) is 22.5. The molecule has 0 saturated heterocycles. The Hall–Kier alpha value is -3.25. The number of carbonyl (C=O) groups is 1. The molecule has 8 nitrogen and oxygen atoms in total. The predicted molar refractivity (Wildman–Crippen MR) is 132 cm³/mol. The number of halogens is 1. The van der Waals surface area contributed by atoms with Crippen molar-refractivity contribution in [2.24, 2.45) is 0 Å². The van der Waals surface area contributed by atoms with Gasteiger partial charge < -0.3 is 5.32 Å². The summed E-state index contributed by atoms with van der Waals surface area (Å²) in [4.78, 5) is 23.3. The third kappa shape index (κ3) is 4.97. The average molecular weight is 557 g/mol. The number of nitrogens with one attached hydrogen (secondary N) is 1. The Morgan fingerprint density at radius 1 is 1.03 bits per heavy atom. The number of nitro benzene ring substituents is 1. The zero-order valence-corrected chi connectivity index (χ0v) is 19.5. The largest absolute Gasteiger partial charge is 0.324 e. The molecule has 0 aliphatic rings. The van der Waals surface area contributed by atoms with Gasteiger partial charge in [0.25, 0.3) is 5.69 Å². The summed E-state index contributed by atoms with van der Waals surface area (Å²) >= 11 is 3.41. The molecule has 1 N–H and O–H groups in total. The quantitative estimate of drug-likeness (QED) is 0.146. The normalized spacial score (nSPS) is 10.7. The average Bonchev–Trinajstić information content (AvgIpc) is 3.24. The number of amides is 1. The van der Waals surface area contributed by atoms with Gasteiger partial charge in [0.15, 0.2) is 11.0 Å². The maximum atomic E-state index is 12.5. The van der Waals surface area contributed by atoms with Gasteiger partial charge in [0, 0.05) is 27.0 Å². The summed E-state index contributed by atoms with van der Waals surface area (Å²) in [6.07, 6.45) is 0. The Bertz CT molecular complexity index is 1280. The van der Waals surface area contributed by atoms with E-state index in [4.69, 9.17) is 0 Å². The van der Waals surface area contributed by atoms with Crippen LogP contribution < -0.4 is 5.32 Å². The first-order chi connectivity index (χ1) is 15.5. The van der Waals surface area contributed by atoms with E-state index in [0.29, 0.717) is 16.5 Å². The van der Waals surface area contributed by atoms with Gasteiger partial charge in [-0.05, 0) is 46.9 Å². The van der Waals surface area contributed by atoms with Gasteiger partial charge in [-0.3, -0.25) is 19.5 Å². The van der Waals surface area contributed by atoms with E-state index in [2.05, 4.69) is 38.1 Å². The maximum absolute atomic E-state index is 12.5. The molecule has 160 valence electrons. The molecule has 0 saturated carbocycles. The second-order valence-electron chi connectivity index (χ2n) is 6.60. The molecule has 0 spiro atoms. The monoisotopic (exact) mass is 557 g/mol. The molecular weight excluding hydrogens is 541 g/mol. The Balaban J connectivity index is 1.63. The predicted octanol–water partition coefficient (Wildman–Crippen LogP) is 5.18. The van der Waals surface area contributed by atoms with Crippen LogP contribution in [0.1, 0.15) is 0 Å². The lowest BCUT2D eigenvalue weighted by molar-refractivity contribution is -0.384. The molecule has 10 heteroatoms. The number of non-ortho nitro benzene ring substituents is 1. The number of rotatable bonds is 7. The Labute approximate surface area is 201 Å². The van der Waals surface area contributed by atoms with E-state index in [0.717, 1.165) is 14.9 Å². The molecule has 0 atom stereocenters. The van der Waals surface area contributed by atoms with Gasteiger partial charge in [-0.2, -0.15) is 0 Å². The minimum atomic E-state index is -0.447. The highest BCUT2D eigenvalue weighted by Gasteiger charge is 2.19. The van der Waals surface area contributed by atoms with Gasteiger partial charge >= 0.3 is 0 Å². The van der Waals surface area contributed by atoms with E-state index in [1.54, 1.807) is 16.7 Å². The van der Waals surface area contributed by atoms with E-state index < -0.39 is 4.92 Å². The van der Waals surface area contributed by atoms with Crippen LogP contribution in [-0.2, 0) is 4.79 Å². The van der Waals surface area contributed by atoms with Crippen LogP contribution >= 0.6 is 34.4 Å². The molecule has 0 bridgehead atoms. The highest BCUT2D eigenvalue weighted by Crippen LogP contribution is 2.30. The Morgan fingerprint density at radius 3 is 2.53 bits per heavy atom. The van der Waals surface area contributed by atoms with Crippen molar-refractivity contribution in [3.63, 3.8) is 0 Å². The van der Waals surface area contributed by atoms with E-state index in [-0.39, 0.29) is 17.3 Å². The van der Waals surface area contributed by atoms with Crippen molar-refractivity contribution in [1.29, 1.82) is 0 Å². The van der Waals surface area contributed by atoms with Crippen LogP contribution in [0.15, 0.2) is 84.0 Å². The molecular formula is C22H16IN5O3S. The summed E-state index contributed by atoms with van der Waals surface area (Å²) < 4.78 is 2.74. The van der Waals surface area contributed by atoms with Crippen LogP contribution in [0.2, 0.25) is 0 Å². The smallest absolute Gasteiger partial charge is 0.270 e. The van der Waals surface area contributed by atoms with E-state index in [1.165, 1.54) is 23.9 Å². The summed E-state index contributed by atoms with van der Waals surface area (Å²) in [6.45, 7) is 0. The number of aromatic nitrogens is 3. The van der Waals surface area contributed by atoms with Crippen molar-refractivity contribution in [3.05, 3.63) is 92.5 Å². The van der Waals surface area contributed by atoms with E-state index in [1.807, 2.05) is 54.6 Å². The first-order valence-corrected chi connectivity index (χ1v) is 11.5. The van der Waals surface area contributed by atoms with Gasteiger partial charge in [-0.15, -0.1) is 10.2 Å². The summed E-state index contributed by atoms with van der Waals surface area (Å²) in [5.41, 5.74) is 2.07. The van der Waals surface area contributed by atoms with Gasteiger partial charge in [-0.1, -0.05) is 54.2 Å². The van der Waals surface area contributed by atoms with Crippen molar-refractivity contribution < 1.29 is 9.72 Å². The molecule has 1 aromatic heterocycles. The van der Waals surface area contributed by atoms with Gasteiger partial charge in [0.05, 0.1) is 16.4 Å². The summed E-state index contributed by atoms with van der Waals surface area (Å²) in [6, 6.07) is 23.2. The molecule has 0 radical (unpaired) electrons. The molecule has 0 aliphatic heterocycles.